The van der Waals surface area contributed by atoms with E-state index < -0.39 is 0 Å². The zero-order chi connectivity index (χ0) is 17.9. The maximum atomic E-state index is 12.3. The van der Waals surface area contributed by atoms with Crippen molar-refractivity contribution in [3.8, 4) is 10.6 Å². The number of urea groups is 1. The van der Waals surface area contributed by atoms with Crippen LogP contribution in [0.1, 0.15) is 5.56 Å². The molecule has 4 rings (SSSR count). The minimum atomic E-state index is -0.207. The average molecular weight is 361 g/mol. The molecule has 4 nitrogen and oxygen atoms in total. The first kappa shape index (κ1) is 16.4. The topological polar surface area (TPSA) is 46.1 Å². The average Bonchev–Trinajstić information content (AvgIpc) is 3.28. The van der Waals surface area contributed by atoms with Crippen LogP contribution >= 0.6 is 11.3 Å². The molecule has 0 aliphatic heterocycles. The van der Waals surface area contributed by atoms with Crippen LogP contribution in [0.4, 0.5) is 10.5 Å². The van der Waals surface area contributed by atoms with Gasteiger partial charge < -0.3 is 15.2 Å². The molecule has 0 atom stereocenters. The Morgan fingerprint density at radius 2 is 1.77 bits per heavy atom. The molecule has 4 aromatic rings. The molecular formula is C21H19N3OS. The van der Waals surface area contributed by atoms with E-state index in [9.17, 15) is 4.79 Å². The van der Waals surface area contributed by atoms with Crippen LogP contribution < -0.4 is 10.6 Å². The highest BCUT2D eigenvalue weighted by molar-refractivity contribution is 7.13. The van der Waals surface area contributed by atoms with Crippen molar-refractivity contribution in [1.82, 2.24) is 9.88 Å². The van der Waals surface area contributed by atoms with Gasteiger partial charge in [-0.15, -0.1) is 11.3 Å². The highest BCUT2D eigenvalue weighted by Crippen LogP contribution is 2.35. The van der Waals surface area contributed by atoms with Gasteiger partial charge in [-0.3, -0.25) is 0 Å². The van der Waals surface area contributed by atoms with Gasteiger partial charge >= 0.3 is 6.03 Å². The Hall–Kier alpha value is -3.05. The summed E-state index contributed by atoms with van der Waals surface area (Å²) in [5, 5.41) is 9.10. The molecule has 2 heterocycles. The summed E-state index contributed by atoms with van der Waals surface area (Å²) < 4.78 is 2.20. The van der Waals surface area contributed by atoms with Crippen LogP contribution in [0.3, 0.4) is 0 Å². The van der Waals surface area contributed by atoms with Crippen LogP contribution in [0.5, 0.6) is 0 Å². The maximum absolute atomic E-state index is 12.3. The molecule has 5 heteroatoms. The van der Waals surface area contributed by atoms with Crippen molar-refractivity contribution in [1.29, 1.82) is 0 Å². The van der Waals surface area contributed by atoms with Crippen LogP contribution in [0.2, 0.25) is 0 Å². The Morgan fingerprint density at radius 3 is 2.54 bits per heavy atom. The highest BCUT2D eigenvalue weighted by atomic mass is 32.1. The Balaban J connectivity index is 1.63. The van der Waals surface area contributed by atoms with E-state index in [0.29, 0.717) is 6.54 Å². The lowest BCUT2D eigenvalue weighted by Crippen LogP contribution is -2.28. The number of hydrogen-bond donors (Lipinski definition) is 2. The van der Waals surface area contributed by atoms with Crippen molar-refractivity contribution in [3.63, 3.8) is 0 Å². The lowest BCUT2D eigenvalue weighted by Gasteiger charge is -2.09. The third-order valence-electron chi connectivity index (χ3n) is 4.42. The van der Waals surface area contributed by atoms with Gasteiger partial charge in [-0.2, -0.15) is 0 Å². The Bertz CT molecular complexity index is 1040. The number of para-hydroxylation sites is 2. The normalized spacial score (nSPS) is 10.8. The first-order chi connectivity index (χ1) is 12.7. The summed E-state index contributed by atoms with van der Waals surface area (Å²) in [4.78, 5) is 13.5. The highest BCUT2D eigenvalue weighted by Gasteiger charge is 2.17. The maximum Gasteiger partial charge on any atom is 0.319 e. The smallest absolute Gasteiger partial charge is 0.319 e. The van der Waals surface area contributed by atoms with E-state index in [2.05, 4.69) is 51.9 Å². The molecule has 0 saturated heterocycles. The summed E-state index contributed by atoms with van der Waals surface area (Å²) >= 11 is 1.71. The number of thiophene rings is 1. The molecule has 0 spiro atoms. The van der Waals surface area contributed by atoms with Crippen molar-refractivity contribution in [2.45, 2.75) is 6.54 Å². The standard InChI is InChI=1S/C21H19N3OS/c1-24-18-11-6-5-10-16(18)17(20(24)19-12-7-13-26-19)14-22-21(25)23-15-8-3-2-4-9-15/h2-13H,14H2,1H3,(H2,22,23,25). The van der Waals surface area contributed by atoms with Crippen LogP contribution in [0, 0.1) is 0 Å². The van der Waals surface area contributed by atoms with Gasteiger partial charge in [-0.05, 0) is 29.6 Å². The first-order valence-electron chi connectivity index (χ1n) is 8.44. The van der Waals surface area contributed by atoms with E-state index in [4.69, 9.17) is 0 Å². The Kier molecular flexibility index (Phi) is 4.46. The van der Waals surface area contributed by atoms with E-state index in [0.717, 1.165) is 22.5 Å². The second-order valence-corrected chi connectivity index (χ2v) is 7.00. The third kappa shape index (κ3) is 3.09. The van der Waals surface area contributed by atoms with Gasteiger partial charge in [0, 0.05) is 35.7 Å². The van der Waals surface area contributed by atoms with Crippen molar-refractivity contribution in [3.05, 3.63) is 77.7 Å². The Labute approximate surface area is 156 Å². The van der Waals surface area contributed by atoms with E-state index in [1.807, 2.05) is 42.5 Å². The molecule has 2 aromatic carbocycles. The van der Waals surface area contributed by atoms with Crippen molar-refractivity contribution in [2.24, 2.45) is 7.05 Å². The predicted molar refractivity (Wildman–Crippen MR) is 109 cm³/mol. The number of carbonyl (C=O) groups is 1. The van der Waals surface area contributed by atoms with Gasteiger partial charge in [-0.25, -0.2) is 4.79 Å². The predicted octanol–water partition coefficient (Wildman–Crippen LogP) is 5.23. The number of hydrogen-bond acceptors (Lipinski definition) is 2. The number of aromatic nitrogens is 1. The molecule has 2 N–H and O–H groups in total. The third-order valence-corrected chi connectivity index (χ3v) is 5.30. The van der Waals surface area contributed by atoms with Crippen LogP contribution in [0.25, 0.3) is 21.5 Å². The molecule has 0 aliphatic rings. The fraction of sp³-hybridized carbons (Fsp3) is 0.0952. The number of nitrogens with zero attached hydrogens (tertiary/aromatic N) is 1. The van der Waals surface area contributed by atoms with Gasteiger partial charge in [0.05, 0.1) is 10.6 Å². The van der Waals surface area contributed by atoms with Crippen LogP contribution in [-0.4, -0.2) is 10.6 Å². The van der Waals surface area contributed by atoms with E-state index in [1.54, 1.807) is 11.3 Å². The van der Waals surface area contributed by atoms with Crippen molar-refractivity contribution in [2.75, 3.05) is 5.32 Å². The van der Waals surface area contributed by atoms with Gasteiger partial charge in [0.2, 0.25) is 0 Å². The summed E-state index contributed by atoms with van der Waals surface area (Å²) in [7, 11) is 2.07. The molecule has 0 fully saturated rings. The fourth-order valence-corrected chi connectivity index (χ4v) is 4.08. The fourth-order valence-electron chi connectivity index (χ4n) is 3.24. The summed E-state index contributed by atoms with van der Waals surface area (Å²) in [5.41, 5.74) is 4.23. The van der Waals surface area contributed by atoms with Gasteiger partial charge in [0.1, 0.15) is 0 Å². The monoisotopic (exact) mass is 361 g/mol. The van der Waals surface area contributed by atoms with Crippen molar-refractivity contribution < 1.29 is 4.79 Å². The molecule has 0 unspecified atom stereocenters. The number of aryl methyl sites for hydroxylation is 1. The Morgan fingerprint density at radius 1 is 1.00 bits per heavy atom. The summed E-state index contributed by atoms with van der Waals surface area (Å²) in [6, 6.07) is 21.7. The van der Waals surface area contributed by atoms with Crippen LogP contribution in [-0.2, 0) is 13.6 Å². The van der Waals surface area contributed by atoms with Gasteiger partial charge in [0.25, 0.3) is 0 Å². The zero-order valence-corrected chi connectivity index (χ0v) is 15.2. The summed E-state index contributed by atoms with van der Waals surface area (Å²) in [5.74, 6) is 0. The zero-order valence-electron chi connectivity index (χ0n) is 14.4. The number of fused-ring (bicyclic) bond motifs is 1. The molecule has 130 valence electrons. The van der Waals surface area contributed by atoms with Gasteiger partial charge in [0.15, 0.2) is 0 Å². The largest absolute Gasteiger partial charge is 0.343 e. The molecule has 2 amide bonds. The first-order valence-corrected chi connectivity index (χ1v) is 9.32. The molecule has 0 bridgehead atoms. The second-order valence-electron chi connectivity index (χ2n) is 6.05. The lowest BCUT2D eigenvalue weighted by atomic mass is 10.1. The molecule has 0 aliphatic carbocycles. The molecule has 26 heavy (non-hydrogen) atoms. The molecular weight excluding hydrogens is 342 g/mol. The SMILES string of the molecule is Cn1c(-c2cccs2)c(CNC(=O)Nc2ccccc2)c2ccccc21. The minimum Gasteiger partial charge on any atom is -0.343 e. The number of anilines is 1. The van der Waals surface area contributed by atoms with E-state index in [1.165, 1.54) is 10.3 Å². The summed E-state index contributed by atoms with van der Waals surface area (Å²) in [6.07, 6.45) is 0. The quantitative estimate of drug-likeness (QED) is 0.514. The number of rotatable bonds is 4. The number of carbonyl (C=O) groups excluding carboxylic acids is 1. The minimum absolute atomic E-state index is 0.207. The summed E-state index contributed by atoms with van der Waals surface area (Å²) in [6.45, 7) is 0.466. The van der Waals surface area contributed by atoms with Crippen molar-refractivity contribution >= 4 is 34.0 Å². The van der Waals surface area contributed by atoms with E-state index >= 15 is 0 Å². The molecule has 0 saturated carbocycles. The lowest BCUT2D eigenvalue weighted by molar-refractivity contribution is 0.252. The van der Waals surface area contributed by atoms with E-state index in [-0.39, 0.29) is 6.03 Å². The molecule has 0 radical (unpaired) electrons. The number of amides is 2. The van der Waals surface area contributed by atoms with Gasteiger partial charge in [-0.1, -0.05) is 42.5 Å². The number of benzene rings is 2. The number of nitrogens with one attached hydrogen (secondary N) is 2. The molecule has 2 aromatic heterocycles. The second kappa shape index (κ2) is 7.06. The van der Waals surface area contributed by atoms with Crippen LogP contribution in [0.15, 0.2) is 72.1 Å².